The smallest absolute Gasteiger partial charge is 0.249 e. The first-order valence-electron chi connectivity index (χ1n) is 9.19. The molecule has 2 rings (SSSR count). The van der Waals surface area contributed by atoms with Crippen LogP contribution >= 0.6 is 12.0 Å². The highest BCUT2D eigenvalue weighted by molar-refractivity contribution is 7.95. The third-order valence-corrected chi connectivity index (χ3v) is 5.28. The lowest BCUT2D eigenvalue weighted by Gasteiger charge is -2.39. The van der Waals surface area contributed by atoms with Gasteiger partial charge in [0.15, 0.2) is 0 Å². The second kappa shape index (κ2) is 10.8. The summed E-state index contributed by atoms with van der Waals surface area (Å²) < 4.78 is 11.1. The first-order valence-corrected chi connectivity index (χ1v) is 10.00. The summed E-state index contributed by atoms with van der Waals surface area (Å²) in [5.41, 5.74) is 1.11. The van der Waals surface area contributed by atoms with Crippen LogP contribution in [0.3, 0.4) is 0 Å². The van der Waals surface area contributed by atoms with Crippen LogP contribution in [0.15, 0.2) is 30.3 Å². The second-order valence-corrected chi connectivity index (χ2v) is 7.76. The summed E-state index contributed by atoms with van der Waals surface area (Å²) in [6.07, 6.45) is -3.17. The lowest BCUT2D eigenvalue weighted by molar-refractivity contribution is -0.152. The van der Waals surface area contributed by atoms with Crippen molar-refractivity contribution in [2.24, 2.45) is 0 Å². The molecule has 0 aliphatic carbocycles. The molecule has 1 saturated heterocycles. The average molecular weight is 413 g/mol. The molecule has 3 unspecified atom stereocenters. The van der Waals surface area contributed by atoms with Crippen LogP contribution < -0.4 is 10.6 Å². The predicted octanol–water partition coefficient (Wildman–Crippen LogP) is 0.370. The van der Waals surface area contributed by atoms with Gasteiger partial charge in [0.1, 0.15) is 29.8 Å². The summed E-state index contributed by atoms with van der Waals surface area (Å²) >= 11 is 0.897. The maximum Gasteiger partial charge on any atom is 0.249 e. The fourth-order valence-electron chi connectivity index (χ4n) is 2.91. The van der Waals surface area contributed by atoms with E-state index in [9.17, 15) is 19.8 Å². The Morgan fingerprint density at radius 2 is 1.96 bits per heavy atom. The maximum atomic E-state index is 12.5. The number of carbonyl (C=O) groups is 2. The third kappa shape index (κ3) is 6.46. The summed E-state index contributed by atoms with van der Waals surface area (Å²) in [6.45, 7) is 4.41. The number of aliphatic hydroxyl groups excluding tert-OH is 2. The van der Waals surface area contributed by atoms with Gasteiger partial charge in [-0.25, -0.2) is 0 Å². The molecule has 0 aromatic heterocycles. The maximum absolute atomic E-state index is 12.5. The van der Waals surface area contributed by atoms with Crippen molar-refractivity contribution >= 4 is 23.9 Å². The molecule has 0 saturated carbocycles. The molecule has 1 aliphatic rings. The van der Waals surface area contributed by atoms with Crippen LogP contribution in [0.4, 0.5) is 0 Å². The van der Waals surface area contributed by atoms with Crippen molar-refractivity contribution in [1.29, 1.82) is 0 Å². The fourth-order valence-corrected chi connectivity index (χ4v) is 3.89. The van der Waals surface area contributed by atoms with Crippen LogP contribution in [0.1, 0.15) is 26.3 Å². The highest BCUT2D eigenvalue weighted by Crippen LogP contribution is 2.30. The van der Waals surface area contributed by atoms with E-state index in [1.54, 1.807) is 6.92 Å². The van der Waals surface area contributed by atoms with Crippen LogP contribution in [0.2, 0.25) is 0 Å². The van der Waals surface area contributed by atoms with Gasteiger partial charge in [0, 0.05) is 25.0 Å². The Bertz CT molecular complexity index is 647. The Kier molecular flexibility index (Phi) is 8.71. The van der Waals surface area contributed by atoms with Crippen molar-refractivity contribution in [1.82, 2.24) is 10.6 Å². The summed E-state index contributed by atoms with van der Waals surface area (Å²) in [7, 11) is 0. The molecule has 28 heavy (non-hydrogen) atoms. The standard InChI is InChI=1S/C19H28N2O6S/c1-11(9-14-7-5-4-6-8-14)20-18(25)12(2)26-17-16(24)15(10-22)27-28-19(17)21-13(3)23/h4-8,11-12,15-17,19,22,24H,9-10H2,1-3H3,(H,20,25)(H,21,23)/t11-,12-,15?,16+,17?,19?/m0/s1. The van der Waals surface area contributed by atoms with E-state index in [1.165, 1.54) is 6.92 Å². The highest BCUT2D eigenvalue weighted by Gasteiger charge is 2.43. The SMILES string of the molecule is CC(=O)NC1SOC(CO)[C@@H](O)C1O[C@@H](C)C(=O)N[C@@H](C)Cc1ccccc1. The summed E-state index contributed by atoms with van der Waals surface area (Å²) in [4.78, 5) is 23.9. The molecule has 0 radical (unpaired) electrons. The van der Waals surface area contributed by atoms with Gasteiger partial charge < -0.3 is 29.8 Å². The monoisotopic (exact) mass is 412 g/mol. The average Bonchev–Trinajstić information content (AvgIpc) is 2.65. The molecule has 8 nitrogen and oxygen atoms in total. The van der Waals surface area contributed by atoms with E-state index in [4.69, 9.17) is 8.92 Å². The van der Waals surface area contributed by atoms with Gasteiger partial charge in [0.2, 0.25) is 11.8 Å². The van der Waals surface area contributed by atoms with E-state index in [-0.39, 0.29) is 17.9 Å². The van der Waals surface area contributed by atoms with Crippen molar-refractivity contribution in [3.05, 3.63) is 35.9 Å². The summed E-state index contributed by atoms with van der Waals surface area (Å²) in [6, 6.07) is 9.70. The first kappa shape index (κ1) is 22.6. The minimum atomic E-state index is -1.19. The zero-order valence-electron chi connectivity index (χ0n) is 16.2. The minimum Gasteiger partial charge on any atom is -0.394 e. The normalized spacial score (nSPS) is 26.9. The number of hydrogen-bond donors (Lipinski definition) is 4. The Morgan fingerprint density at radius 3 is 2.57 bits per heavy atom. The number of rotatable bonds is 8. The number of amides is 2. The topological polar surface area (TPSA) is 117 Å². The number of carbonyl (C=O) groups excluding carboxylic acids is 2. The van der Waals surface area contributed by atoms with E-state index in [0.29, 0.717) is 6.42 Å². The highest BCUT2D eigenvalue weighted by atomic mass is 32.2. The summed E-state index contributed by atoms with van der Waals surface area (Å²) in [5.74, 6) is -0.646. The molecule has 1 heterocycles. The Labute approximate surface area is 169 Å². The quantitative estimate of drug-likeness (QED) is 0.456. The van der Waals surface area contributed by atoms with Gasteiger partial charge in [0.05, 0.1) is 6.61 Å². The Hall–Kier alpha value is -1.65. The Morgan fingerprint density at radius 1 is 1.29 bits per heavy atom. The van der Waals surface area contributed by atoms with E-state index in [0.717, 1.165) is 17.6 Å². The summed E-state index contributed by atoms with van der Waals surface area (Å²) in [5, 5.41) is 24.6. The molecule has 156 valence electrons. The molecule has 1 aromatic rings. The number of hydrogen-bond acceptors (Lipinski definition) is 7. The lowest BCUT2D eigenvalue weighted by atomic mass is 10.1. The lowest BCUT2D eigenvalue weighted by Crippen LogP contribution is -2.58. The minimum absolute atomic E-state index is 0.105. The van der Waals surface area contributed by atoms with Gasteiger partial charge in [-0.05, 0) is 25.8 Å². The van der Waals surface area contributed by atoms with Crippen molar-refractivity contribution < 1.29 is 28.7 Å². The molecule has 1 fully saturated rings. The zero-order chi connectivity index (χ0) is 20.7. The van der Waals surface area contributed by atoms with Gasteiger partial charge in [-0.2, -0.15) is 0 Å². The van der Waals surface area contributed by atoms with Crippen LogP contribution in [-0.2, 0) is 24.9 Å². The van der Waals surface area contributed by atoms with Gasteiger partial charge in [0.25, 0.3) is 0 Å². The molecule has 0 spiro atoms. The van der Waals surface area contributed by atoms with Crippen molar-refractivity contribution in [3.8, 4) is 0 Å². The molecule has 2 amide bonds. The largest absolute Gasteiger partial charge is 0.394 e. The number of ether oxygens (including phenoxy) is 1. The number of benzene rings is 1. The number of aliphatic hydroxyl groups is 2. The molecule has 4 N–H and O–H groups in total. The van der Waals surface area contributed by atoms with Crippen LogP contribution in [-0.4, -0.2) is 64.5 Å². The fraction of sp³-hybridized carbons (Fsp3) is 0.579. The predicted molar refractivity (Wildman–Crippen MR) is 105 cm³/mol. The van der Waals surface area contributed by atoms with Gasteiger partial charge in [-0.1, -0.05) is 30.3 Å². The molecule has 1 aromatic carbocycles. The molecule has 0 bridgehead atoms. The van der Waals surface area contributed by atoms with Crippen LogP contribution in [0.25, 0.3) is 0 Å². The van der Waals surface area contributed by atoms with E-state index in [1.807, 2.05) is 37.3 Å². The third-order valence-electron chi connectivity index (χ3n) is 4.33. The molecule has 1 aliphatic heterocycles. The molecular formula is C19H28N2O6S. The number of nitrogens with one attached hydrogen (secondary N) is 2. The van der Waals surface area contributed by atoms with Gasteiger partial charge >= 0.3 is 0 Å². The van der Waals surface area contributed by atoms with E-state index < -0.39 is 36.4 Å². The zero-order valence-corrected chi connectivity index (χ0v) is 17.0. The molecule has 6 atom stereocenters. The van der Waals surface area contributed by atoms with Gasteiger partial charge in [-0.3, -0.25) is 9.59 Å². The molecular weight excluding hydrogens is 384 g/mol. The van der Waals surface area contributed by atoms with Crippen molar-refractivity contribution in [3.63, 3.8) is 0 Å². The van der Waals surface area contributed by atoms with Crippen LogP contribution in [0, 0.1) is 0 Å². The Balaban J connectivity index is 1.95. The van der Waals surface area contributed by atoms with E-state index in [2.05, 4.69) is 10.6 Å². The first-order chi connectivity index (χ1) is 13.3. The van der Waals surface area contributed by atoms with Crippen molar-refractivity contribution in [2.75, 3.05) is 6.61 Å². The van der Waals surface area contributed by atoms with E-state index >= 15 is 0 Å². The van der Waals surface area contributed by atoms with Crippen molar-refractivity contribution in [2.45, 2.75) is 63.0 Å². The molecule has 9 heteroatoms. The van der Waals surface area contributed by atoms with Gasteiger partial charge in [-0.15, -0.1) is 0 Å². The second-order valence-electron chi connectivity index (χ2n) is 6.87. The van der Waals surface area contributed by atoms with Crippen LogP contribution in [0.5, 0.6) is 0 Å².